The lowest BCUT2D eigenvalue weighted by molar-refractivity contribution is 1.07. The van der Waals surface area contributed by atoms with Gasteiger partial charge in [-0.3, -0.25) is 4.40 Å². The summed E-state index contributed by atoms with van der Waals surface area (Å²) >= 11 is 0. The summed E-state index contributed by atoms with van der Waals surface area (Å²) in [6, 6.07) is 56.5. The van der Waals surface area contributed by atoms with Crippen LogP contribution in [0, 0.1) is 0 Å². The molecule has 6 nitrogen and oxygen atoms in total. The van der Waals surface area contributed by atoms with Crippen molar-refractivity contribution >= 4 is 38.5 Å². The first kappa shape index (κ1) is 28.1. The van der Waals surface area contributed by atoms with Gasteiger partial charge in [0.15, 0.2) is 17.5 Å². The molecule has 0 aliphatic rings. The molecule has 10 aromatic rings. The Bertz CT molecular complexity index is 2800. The number of fused-ring (bicyclic) bond motifs is 7. The molecule has 6 heteroatoms. The lowest BCUT2D eigenvalue weighted by Crippen LogP contribution is -2.01. The van der Waals surface area contributed by atoms with E-state index in [-0.39, 0.29) is 0 Å². The minimum absolute atomic E-state index is 0.621. The van der Waals surface area contributed by atoms with Crippen molar-refractivity contribution in [2.24, 2.45) is 0 Å². The van der Waals surface area contributed by atoms with Gasteiger partial charge in [-0.2, -0.15) is 0 Å². The number of rotatable bonds is 5. The summed E-state index contributed by atoms with van der Waals surface area (Å²) in [5.41, 5.74) is 11.4. The number of hydrogen-bond acceptors (Lipinski definition) is 4. The van der Waals surface area contributed by atoms with E-state index in [4.69, 9.17) is 19.9 Å². The van der Waals surface area contributed by atoms with Crippen LogP contribution in [0.1, 0.15) is 0 Å². The molecule has 4 heterocycles. The van der Waals surface area contributed by atoms with Crippen molar-refractivity contribution in [1.29, 1.82) is 0 Å². The Morgan fingerprint density at radius 3 is 1.70 bits per heavy atom. The molecule has 0 aliphatic heterocycles. The van der Waals surface area contributed by atoms with Crippen molar-refractivity contribution in [3.63, 3.8) is 0 Å². The van der Waals surface area contributed by atoms with Gasteiger partial charge >= 0.3 is 0 Å². The second kappa shape index (κ2) is 11.4. The molecule has 4 aromatic heterocycles. The molecule has 6 aromatic carbocycles. The Balaban J connectivity index is 1.22. The van der Waals surface area contributed by atoms with Crippen LogP contribution in [0.15, 0.2) is 170 Å². The van der Waals surface area contributed by atoms with E-state index in [1.165, 1.54) is 16.5 Å². The van der Waals surface area contributed by atoms with Crippen molar-refractivity contribution in [3.05, 3.63) is 170 Å². The van der Waals surface area contributed by atoms with Crippen LogP contribution in [0.25, 0.3) is 89.5 Å². The minimum atomic E-state index is 0.621. The third-order valence-corrected chi connectivity index (χ3v) is 9.37. The number of pyridine rings is 1. The SMILES string of the molecule is c1ccc(-c2ccc3c(c2)c2c(ccc4nc5ccccn5c42)n3-c2cccc(-c3nc(-c4ccccc4)nc(-c4ccccc4)n3)c2)cc1. The molecule has 0 unspecified atom stereocenters. The molecule has 0 fully saturated rings. The molecule has 0 bridgehead atoms. The Kier molecular flexibility index (Phi) is 6.39. The van der Waals surface area contributed by atoms with E-state index in [2.05, 4.69) is 112 Å². The Labute approximate surface area is 287 Å². The van der Waals surface area contributed by atoms with Crippen molar-refractivity contribution in [2.45, 2.75) is 0 Å². The summed E-state index contributed by atoms with van der Waals surface area (Å²) in [6.07, 6.45) is 2.10. The predicted molar refractivity (Wildman–Crippen MR) is 202 cm³/mol. The van der Waals surface area contributed by atoms with Crippen LogP contribution >= 0.6 is 0 Å². The second-order valence-corrected chi connectivity index (χ2v) is 12.4. The zero-order valence-corrected chi connectivity index (χ0v) is 26.8. The first-order chi connectivity index (χ1) is 24.8. The van der Waals surface area contributed by atoms with Gasteiger partial charge in [0.25, 0.3) is 0 Å². The molecule has 0 radical (unpaired) electrons. The van der Waals surface area contributed by atoms with E-state index < -0.39 is 0 Å². The zero-order valence-electron chi connectivity index (χ0n) is 26.8. The molecule has 0 aliphatic carbocycles. The average molecular weight is 641 g/mol. The molecule has 234 valence electrons. The number of aromatic nitrogens is 6. The first-order valence-corrected chi connectivity index (χ1v) is 16.7. The molecular formula is C44H28N6. The molecule has 0 amide bonds. The van der Waals surface area contributed by atoms with Crippen LogP contribution < -0.4 is 0 Å². The highest BCUT2D eigenvalue weighted by atomic mass is 15.0. The summed E-state index contributed by atoms with van der Waals surface area (Å²) in [5.74, 6) is 1.90. The highest BCUT2D eigenvalue weighted by Gasteiger charge is 2.20. The molecule has 0 saturated heterocycles. The van der Waals surface area contributed by atoms with Crippen LogP contribution in [0.3, 0.4) is 0 Å². The number of nitrogens with zero attached hydrogens (tertiary/aromatic N) is 6. The van der Waals surface area contributed by atoms with E-state index in [0.717, 1.165) is 55.5 Å². The fourth-order valence-electron chi connectivity index (χ4n) is 7.06. The van der Waals surface area contributed by atoms with E-state index in [0.29, 0.717) is 17.5 Å². The van der Waals surface area contributed by atoms with Crippen LogP contribution in [-0.2, 0) is 0 Å². The molecule has 50 heavy (non-hydrogen) atoms. The predicted octanol–water partition coefficient (Wildman–Crippen LogP) is 10.4. The Morgan fingerprint density at radius 1 is 0.400 bits per heavy atom. The normalized spacial score (nSPS) is 11.6. The quantitative estimate of drug-likeness (QED) is 0.188. The van der Waals surface area contributed by atoms with Gasteiger partial charge in [-0.1, -0.05) is 115 Å². The summed E-state index contributed by atoms with van der Waals surface area (Å²) < 4.78 is 4.55. The van der Waals surface area contributed by atoms with E-state index >= 15 is 0 Å². The zero-order chi connectivity index (χ0) is 33.0. The Hall–Kier alpha value is -6.92. The van der Waals surface area contributed by atoms with Gasteiger partial charge in [0.1, 0.15) is 5.65 Å². The fraction of sp³-hybridized carbons (Fsp3) is 0. The third-order valence-electron chi connectivity index (χ3n) is 9.37. The standard InChI is InChI=1S/C44H28N6/c1-4-13-29(14-5-1)32-22-24-37-35(28-32)40-38(25-23-36-41(40)49-26-11-10-21-39(49)45-36)50(37)34-20-12-19-33(27-34)44-47-42(30-15-6-2-7-16-30)46-43(48-44)31-17-8-3-9-18-31/h1-28H. The van der Waals surface area contributed by atoms with Crippen molar-refractivity contribution in [2.75, 3.05) is 0 Å². The van der Waals surface area contributed by atoms with Gasteiger partial charge in [-0.15, -0.1) is 0 Å². The maximum Gasteiger partial charge on any atom is 0.164 e. The summed E-state index contributed by atoms with van der Waals surface area (Å²) in [6.45, 7) is 0. The van der Waals surface area contributed by atoms with Gasteiger partial charge in [-0.05, 0) is 59.7 Å². The number of hydrogen-bond donors (Lipinski definition) is 0. The maximum absolute atomic E-state index is 5.02. The van der Waals surface area contributed by atoms with Gasteiger partial charge < -0.3 is 4.57 Å². The fourth-order valence-corrected chi connectivity index (χ4v) is 7.06. The first-order valence-electron chi connectivity index (χ1n) is 16.7. The molecule has 10 rings (SSSR count). The smallest absolute Gasteiger partial charge is 0.164 e. The highest BCUT2D eigenvalue weighted by Crippen LogP contribution is 2.39. The number of imidazole rings is 1. The van der Waals surface area contributed by atoms with Gasteiger partial charge in [0.05, 0.1) is 22.1 Å². The van der Waals surface area contributed by atoms with Gasteiger partial charge in [-0.25, -0.2) is 19.9 Å². The van der Waals surface area contributed by atoms with Crippen LogP contribution in [0.4, 0.5) is 0 Å². The van der Waals surface area contributed by atoms with E-state index in [1.807, 2.05) is 66.7 Å². The van der Waals surface area contributed by atoms with Crippen molar-refractivity contribution < 1.29 is 0 Å². The average Bonchev–Trinajstić information content (AvgIpc) is 3.74. The monoisotopic (exact) mass is 640 g/mol. The third kappa shape index (κ3) is 4.58. The molecule has 0 spiro atoms. The lowest BCUT2D eigenvalue weighted by Gasteiger charge is -2.12. The van der Waals surface area contributed by atoms with E-state index in [1.54, 1.807) is 0 Å². The summed E-state index contributed by atoms with van der Waals surface area (Å²) in [7, 11) is 0. The van der Waals surface area contributed by atoms with Crippen LogP contribution in [0.2, 0.25) is 0 Å². The minimum Gasteiger partial charge on any atom is -0.309 e. The largest absolute Gasteiger partial charge is 0.309 e. The second-order valence-electron chi connectivity index (χ2n) is 12.4. The van der Waals surface area contributed by atoms with Crippen LogP contribution in [-0.4, -0.2) is 28.9 Å². The van der Waals surface area contributed by atoms with Gasteiger partial charge in [0.2, 0.25) is 0 Å². The number of benzene rings is 6. The van der Waals surface area contributed by atoms with Crippen molar-refractivity contribution in [3.8, 4) is 51.0 Å². The lowest BCUT2D eigenvalue weighted by atomic mass is 10.0. The van der Waals surface area contributed by atoms with Crippen LogP contribution in [0.5, 0.6) is 0 Å². The molecule has 0 N–H and O–H groups in total. The molecule has 0 atom stereocenters. The molecular weight excluding hydrogens is 613 g/mol. The summed E-state index contributed by atoms with van der Waals surface area (Å²) in [4.78, 5) is 19.9. The summed E-state index contributed by atoms with van der Waals surface area (Å²) in [5, 5.41) is 2.33. The Morgan fingerprint density at radius 2 is 1.00 bits per heavy atom. The van der Waals surface area contributed by atoms with Crippen molar-refractivity contribution in [1.82, 2.24) is 28.9 Å². The van der Waals surface area contributed by atoms with E-state index in [9.17, 15) is 0 Å². The molecule has 0 saturated carbocycles. The topological polar surface area (TPSA) is 60.9 Å². The maximum atomic E-state index is 5.02. The van der Waals surface area contributed by atoms with Gasteiger partial charge in [0, 0.05) is 39.3 Å². The highest BCUT2D eigenvalue weighted by molar-refractivity contribution is 6.21.